The first-order chi connectivity index (χ1) is 30.0. The summed E-state index contributed by atoms with van der Waals surface area (Å²) in [6, 6.07) is 53.9. The number of hydrogen-bond donors (Lipinski definition) is 0. The fourth-order valence-corrected chi connectivity index (χ4v) is 12.4. The topological polar surface area (TPSA) is 6.48 Å². The summed E-state index contributed by atoms with van der Waals surface area (Å²) in [5.41, 5.74) is 16.6. The molecule has 4 unspecified atom stereocenters. The van der Waals surface area contributed by atoms with Crippen LogP contribution in [0.25, 0.3) is 43.8 Å². The molecular weight excluding hydrogens is 749 g/mol. The van der Waals surface area contributed by atoms with E-state index in [4.69, 9.17) is 0 Å². The van der Waals surface area contributed by atoms with Crippen LogP contribution in [0.2, 0.25) is 0 Å². The Morgan fingerprint density at radius 1 is 0.403 bits per heavy atom. The first-order valence-electron chi connectivity index (χ1n) is 24.0. The molecule has 2 saturated carbocycles. The average Bonchev–Trinajstić information content (AvgIpc) is 3.28. The lowest BCUT2D eigenvalue weighted by Crippen LogP contribution is -2.44. The van der Waals surface area contributed by atoms with Crippen LogP contribution in [0.15, 0.2) is 133 Å². The lowest BCUT2D eigenvalue weighted by molar-refractivity contribution is 0.293. The number of fused-ring (bicyclic) bond motifs is 6. The maximum absolute atomic E-state index is 2.76. The number of benzene rings is 7. The van der Waals surface area contributed by atoms with Gasteiger partial charge in [0.1, 0.15) is 0 Å². The van der Waals surface area contributed by atoms with Crippen LogP contribution in [0.4, 0.5) is 22.7 Å². The van der Waals surface area contributed by atoms with Gasteiger partial charge in [0.15, 0.2) is 0 Å². The van der Waals surface area contributed by atoms with Crippen LogP contribution < -0.4 is 9.80 Å². The van der Waals surface area contributed by atoms with Gasteiger partial charge in [0.2, 0.25) is 0 Å². The van der Waals surface area contributed by atoms with Crippen LogP contribution in [-0.2, 0) is 23.7 Å². The highest BCUT2D eigenvalue weighted by Gasteiger charge is 2.38. The predicted molar refractivity (Wildman–Crippen MR) is 266 cm³/mol. The monoisotopic (exact) mass is 813 g/mol. The van der Waals surface area contributed by atoms with E-state index in [9.17, 15) is 0 Å². The Kier molecular flexibility index (Phi) is 9.67. The second-order valence-electron chi connectivity index (χ2n) is 21.5. The number of para-hydroxylation sites is 2. The third kappa shape index (κ3) is 6.75. The quantitative estimate of drug-likeness (QED) is 0.163. The minimum absolute atomic E-state index is 0.0771. The van der Waals surface area contributed by atoms with Crippen molar-refractivity contribution in [3.8, 4) is 22.3 Å². The average molecular weight is 813 g/mol. The maximum atomic E-state index is 2.76. The molecule has 314 valence electrons. The Morgan fingerprint density at radius 2 is 0.790 bits per heavy atom. The molecule has 2 aliphatic heterocycles. The van der Waals surface area contributed by atoms with Gasteiger partial charge in [-0.05, 0) is 164 Å². The first-order valence-corrected chi connectivity index (χ1v) is 24.0. The van der Waals surface area contributed by atoms with Crippen molar-refractivity contribution in [2.24, 2.45) is 11.8 Å². The summed E-state index contributed by atoms with van der Waals surface area (Å²) >= 11 is 0. The van der Waals surface area contributed by atoms with Gasteiger partial charge >= 0.3 is 0 Å². The summed E-state index contributed by atoms with van der Waals surface area (Å²) in [6.45, 7) is 13.9. The second-order valence-corrected chi connectivity index (χ2v) is 21.5. The van der Waals surface area contributed by atoms with Crippen LogP contribution in [0.5, 0.6) is 0 Å². The summed E-state index contributed by atoms with van der Waals surface area (Å²) in [7, 11) is 0. The SMILES string of the molecule is CC(C)(C)c1ccc(-c2c3ccc(N4c5ccccc5CC5CCCCC54)cc3c(-c3ccc(C(C)(C)C)cc3)c3ccc(N4c5ccccc5CC5CCCCC54)cc23)cc1. The summed E-state index contributed by atoms with van der Waals surface area (Å²) in [4.78, 5) is 5.52. The van der Waals surface area contributed by atoms with Crippen molar-refractivity contribution < 1.29 is 0 Å². The highest BCUT2D eigenvalue weighted by atomic mass is 15.2. The van der Waals surface area contributed by atoms with Crippen molar-refractivity contribution >= 4 is 44.3 Å². The molecule has 7 aromatic carbocycles. The third-order valence-corrected chi connectivity index (χ3v) is 15.6. The standard InChI is InChI=1S/C60H64N2/c1-59(2,3)45-27-23-39(24-28-45)57-49-33-31-48(62-55-21-13-9-17-43(55)36-44-18-10-14-22-56(44)62)38-52(49)58(40-25-29-46(30-26-40)60(4,5)6)50-34-32-47(37-51(50)57)61-53-19-11-7-15-41(53)35-42-16-8-12-20-54(42)61/h7,9,11,13,15,17,19,21,23-34,37-38,42,44,54,56H,8,10,12,14,16,18,20,22,35-36H2,1-6H3. The molecule has 2 nitrogen and oxygen atoms in total. The third-order valence-electron chi connectivity index (χ3n) is 15.6. The lowest BCUT2D eigenvalue weighted by Gasteiger charge is -2.46. The minimum atomic E-state index is 0.0771. The van der Waals surface area contributed by atoms with E-state index in [0.29, 0.717) is 23.9 Å². The second kappa shape index (κ2) is 15.2. The molecule has 0 radical (unpaired) electrons. The van der Waals surface area contributed by atoms with Crippen molar-refractivity contribution in [2.75, 3.05) is 9.80 Å². The fourth-order valence-electron chi connectivity index (χ4n) is 12.4. The van der Waals surface area contributed by atoms with Crippen molar-refractivity contribution in [1.29, 1.82) is 0 Å². The van der Waals surface area contributed by atoms with Gasteiger partial charge < -0.3 is 9.80 Å². The van der Waals surface area contributed by atoms with Crippen LogP contribution in [0, 0.1) is 11.8 Å². The van der Waals surface area contributed by atoms with Crippen LogP contribution in [0.1, 0.15) is 115 Å². The zero-order valence-electron chi connectivity index (χ0n) is 38.0. The van der Waals surface area contributed by atoms with E-state index >= 15 is 0 Å². The minimum Gasteiger partial charge on any atom is -0.338 e. The van der Waals surface area contributed by atoms with Crippen molar-refractivity contribution in [3.63, 3.8) is 0 Å². The Labute approximate surface area is 371 Å². The van der Waals surface area contributed by atoms with Crippen molar-refractivity contribution in [1.82, 2.24) is 0 Å². The molecule has 0 saturated heterocycles. The van der Waals surface area contributed by atoms with Crippen molar-refractivity contribution in [3.05, 3.63) is 156 Å². The molecule has 2 heteroatoms. The summed E-state index contributed by atoms with van der Waals surface area (Å²) < 4.78 is 0. The van der Waals surface area contributed by atoms with E-state index < -0.39 is 0 Å². The van der Waals surface area contributed by atoms with Crippen molar-refractivity contribution in [2.45, 2.75) is 129 Å². The van der Waals surface area contributed by atoms with Gasteiger partial charge in [0, 0.05) is 34.8 Å². The smallest absolute Gasteiger partial charge is 0.0446 e. The lowest BCUT2D eigenvalue weighted by atomic mass is 9.76. The number of rotatable bonds is 4. The zero-order valence-corrected chi connectivity index (χ0v) is 38.0. The molecule has 0 amide bonds. The molecule has 11 rings (SSSR count). The van der Waals surface area contributed by atoms with E-state index in [0.717, 1.165) is 0 Å². The molecular formula is C60H64N2. The molecule has 4 atom stereocenters. The Morgan fingerprint density at radius 3 is 1.19 bits per heavy atom. The maximum Gasteiger partial charge on any atom is 0.0446 e. The highest BCUT2D eigenvalue weighted by molar-refractivity contribution is 6.22. The zero-order chi connectivity index (χ0) is 42.3. The largest absolute Gasteiger partial charge is 0.338 e. The van der Waals surface area contributed by atoms with E-state index in [-0.39, 0.29) is 10.8 Å². The first kappa shape index (κ1) is 39.5. The predicted octanol–water partition coefficient (Wildman–Crippen LogP) is 16.4. The van der Waals surface area contributed by atoms with Gasteiger partial charge in [-0.1, -0.05) is 164 Å². The van der Waals surface area contributed by atoms with Gasteiger partial charge in [-0.15, -0.1) is 0 Å². The molecule has 4 aliphatic rings. The van der Waals surface area contributed by atoms with Gasteiger partial charge in [-0.3, -0.25) is 0 Å². The molecule has 2 fully saturated rings. The van der Waals surface area contributed by atoms with E-state index in [1.165, 1.54) is 153 Å². The molecule has 2 heterocycles. The molecule has 0 N–H and O–H groups in total. The van der Waals surface area contributed by atoms with Gasteiger partial charge in [0.05, 0.1) is 0 Å². The van der Waals surface area contributed by atoms with Crippen LogP contribution in [0.3, 0.4) is 0 Å². The van der Waals surface area contributed by atoms with E-state index in [2.05, 4.69) is 185 Å². The molecule has 2 aliphatic carbocycles. The van der Waals surface area contributed by atoms with E-state index in [1.807, 2.05) is 0 Å². The molecule has 0 bridgehead atoms. The Hall–Kier alpha value is -5.34. The summed E-state index contributed by atoms with van der Waals surface area (Å²) in [6.07, 6.45) is 12.9. The highest BCUT2D eigenvalue weighted by Crippen LogP contribution is 2.51. The molecule has 62 heavy (non-hydrogen) atoms. The molecule has 7 aromatic rings. The normalized spacial score (nSPS) is 21.3. The Bertz CT molecular complexity index is 2600. The van der Waals surface area contributed by atoms with Gasteiger partial charge in [0.25, 0.3) is 0 Å². The Balaban J connectivity index is 1.20. The molecule has 0 aromatic heterocycles. The fraction of sp³-hybridized carbons (Fsp3) is 0.367. The van der Waals surface area contributed by atoms with Gasteiger partial charge in [-0.2, -0.15) is 0 Å². The van der Waals surface area contributed by atoms with Crippen LogP contribution >= 0.6 is 0 Å². The summed E-state index contributed by atoms with van der Waals surface area (Å²) in [5, 5.41) is 5.34. The summed E-state index contributed by atoms with van der Waals surface area (Å²) in [5.74, 6) is 1.38. The van der Waals surface area contributed by atoms with Gasteiger partial charge in [-0.25, -0.2) is 0 Å². The number of nitrogens with zero attached hydrogens (tertiary/aromatic N) is 2. The van der Waals surface area contributed by atoms with E-state index in [1.54, 1.807) is 0 Å². The number of hydrogen-bond acceptors (Lipinski definition) is 2. The molecule has 0 spiro atoms. The number of anilines is 4. The van der Waals surface area contributed by atoms with Crippen LogP contribution in [-0.4, -0.2) is 12.1 Å².